The predicted octanol–water partition coefficient (Wildman–Crippen LogP) is 2.20. The van der Waals surface area contributed by atoms with Gasteiger partial charge in [-0.25, -0.2) is 0 Å². The van der Waals surface area contributed by atoms with E-state index in [1.54, 1.807) is 0 Å². The Morgan fingerprint density at radius 3 is 2.56 bits per heavy atom. The highest BCUT2D eigenvalue weighted by atomic mass is 16.6. The van der Waals surface area contributed by atoms with Crippen LogP contribution in [0.25, 0.3) is 0 Å². The summed E-state index contributed by atoms with van der Waals surface area (Å²) in [5.41, 5.74) is -0.0836. The second-order valence-corrected chi connectivity index (χ2v) is 3.73. The van der Waals surface area contributed by atoms with Gasteiger partial charge in [0.15, 0.2) is 11.5 Å². The van der Waals surface area contributed by atoms with Gasteiger partial charge in [0.25, 0.3) is 5.69 Å². The van der Waals surface area contributed by atoms with E-state index in [2.05, 4.69) is 5.16 Å². The topological polar surface area (TPSA) is 94.2 Å². The molecule has 0 saturated carbocycles. The van der Waals surface area contributed by atoms with Crippen molar-refractivity contribution >= 4 is 11.9 Å². The van der Waals surface area contributed by atoms with Crippen LogP contribution in [0.15, 0.2) is 17.3 Å². The molecule has 0 unspecified atom stereocenters. The van der Waals surface area contributed by atoms with Crippen molar-refractivity contribution in [3.8, 4) is 11.5 Å². The average Bonchev–Trinajstić information content (AvgIpc) is 2.28. The van der Waals surface area contributed by atoms with Gasteiger partial charge in [-0.3, -0.25) is 10.1 Å². The largest absolute Gasteiger partial charge is 0.493 e. The molecule has 0 bridgehead atoms. The normalized spacial score (nSPS) is 10.9. The van der Waals surface area contributed by atoms with Crippen molar-refractivity contribution in [3.05, 3.63) is 27.8 Å². The molecule has 7 nitrogen and oxygen atoms in total. The minimum absolute atomic E-state index is 0.112. The maximum atomic E-state index is 10.9. The third-order valence-electron chi connectivity index (χ3n) is 2.07. The van der Waals surface area contributed by atoms with E-state index in [0.29, 0.717) is 5.75 Å². The van der Waals surface area contributed by atoms with Crippen LogP contribution in [-0.4, -0.2) is 29.6 Å². The highest BCUT2D eigenvalue weighted by Gasteiger charge is 2.19. The van der Waals surface area contributed by atoms with Gasteiger partial charge >= 0.3 is 0 Å². The van der Waals surface area contributed by atoms with Crippen molar-refractivity contribution in [2.45, 2.75) is 20.0 Å². The molecule has 0 aliphatic carbocycles. The summed E-state index contributed by atoms with van der Waals surface area (Å²) in [4.78, 5) is 10.3. The Balaban J connectivity index is 3.36. The lowest BCUT2D eigenvalue weighted by atomic mass is 10.1. The summed E-state index contributed by atoms with van der Waals surface area (Å²) in [5.74, 6) is 0.610. The molecule has 7 heteroatoms. The molecule has 1 aromatic rings. The van der Waals surface area contributed by atoms with Gasteiger partial charge < -0.3 is 14.7 Å². The number of hydrogen-bond donors (Lipinski definition) is 1. The number of nitro benzene ring substituents is 1. The van der Waals surface area contributed by atoms with Gasteiger partial charge in [-0.15, -0.1) is 0 Å². The van der Waals surface area contributed by atoms with Gasteiger partial charge in [0.2, 0.25) is 0 Å². The van der Waals surface area contributed by atoms with Gasteiger partial charge in [-0.05, 0) is 19.9 Å². The van der Waals surface area contributed by atoms with Crippen LogP contribution in [0.2, 0.25) is 0 Å². The molecule has 0 heterocycles. The number of methoxy groups -OCH3 is 1. The Hall–Kier alpha value is -2.31. The number of nitro groups is 1. The predicted molar refractivity (Wildman–Crippen MR) is 64.8 cm³/mol. The molecule has 18 heavy (non-hydrogen) atoms. The molecule has 1 N–H and O–H groups in total. The van der Waals surface area contributed by atoms with Gasteiger partial charge in [-0.2, -0.15) is 0 Å². The first-order chi connectivity index (χ1) is 8.49. The van der Waals surface area contributed by atoms with Crippen LogP contribution in [0.4, 0.5) is 5.69 Å². The first kappa shape index (κ1) is 13.8. The molecule has 0 aliphatic heterocycles. The lowest BCUT2D eigenvalue weighted by molar-refractivity contribution is -0.385. The zero-order chi connectivity index (χ0) is 13.7. The molecule has 0 spiro atoms. The molecular weight excluding hydrogens is 240 g/mol. The standard InChI is InChI=1S/C11H14N2O5/c1-7(2)18-11-4-8(6-12-14)9(13(15)16)5-10(11)17-3/h4-7,14H,1-3H3/b12-6-. The molecule has 0 aromatic heterocycles. The Labute approximate surface area is 104 Å². The molecule has 0 amide bonds. The van der Waals surface area contributed by atoms with Crippen molar-refractivity contribution in [2.75, 3.05) is 7.11 Å². The van der Waals surface area contributed by atoms with Gasteiger partial charge in [0.1, 0.15) is 0 Å². The van der Waals surface area contributed by atoms with E-state index in [9.17, 15) is 10.1 Å². The minimum Gasteiger partial charge on any atom is -0.493 e. The van der Waals surface area contributed by atoms with Crippen molar-refractivity contribution in [1.29, 1.82) is 0 Å². The molecule has 0 radical (unpaired) electrons. The quantitative estimate of drug-likeness (QED) is 0.376. The highest BCUT2D eigenvalue weighted by molar-refractivity contribution is 5.86. The number of oxime groups is 1. The number of nitrogens with zero attached hydrogens (tertiary/aromatic N) is 2. The Kier molecular flexibility index (Phi) is 4.47. The second kappa shape index (κ2) is 5.85. The summed E-state index contributed by atoms with van der Waals surface area (Å²) in [6.07, 6.45) is 0.865. The summed E-state index contributed by atoms with van der Waals surface area (Å²) >= 11 is 0. The van der Waals surface area contributed by atoms with Crippen molar-refractivity contribution < 1.29 is 19.6 Å². The summed E-state index contributed by atoms with van der Waals surface area (Å²) in [5, 5.41) is 22.2. The Morgan fingerprint density at radius 1 is 1.44 bits per heavy atom. The zero-order valence-corrected chi connectivity index (χ0v) is 10.3. The monoisotopic (exact) mass is 254 g/mol. The van der Waals surface area contributed by atoms with Gasteiger partial charge in [0.05, 0.1) is 36.0 Å². The van der Waals surface area contributed by atoms with Crippen LogP contribution < -0.4 is 9.47 Å². The van der Waals surface area contributed by atoms with Crippen LogP contribution >= 0.6 is 0 Å². The lowest BCUT2D eigenvalue weighted by Crippen LogP contribution is -2.08. The molecule has 1 rings (SSSR count). The number of rotatable bonds is 5. The van der Waals surface area contributed by atoms with E-state index in [1.165, 1.54) is 19.2 Å². The molecule has 1 aromatic carbocycles. The first-order valence-corrected chi connectivity index (χ1v) is 5.20. The van der Waals surface area contributed by atoms with E-state index in [4.69, 9.17) is 14.7 Å². The molecule has 0 atom stereocenters. The van der Waals surface area contributed by atoms with Crippen LogP contribution in [0.5, 0.6) is 11.5 Å². The zero-order valence-electron chi connectivity index (χ0n) is 10.3. The fourth-order valence-electron chi connectivity index (χ4n) is 1.39. The molecule has 0 saturated heterocycles. The summed E-state index contributed by atoms with van der Waals surface area (Å²) < 4.78 is 10.5. The number of ether oxygens (including phenoxy) is 2. The van der Waals surface area contributed by atoms with Gasteiger partial charge in [-0.1, -0.05) is 5.16 Å². The fourth-order valence-corrected chi connectivity index (χ4v) is 1.39. The van der Waals surface area contributed by atoms with E-state index in [0.717, 1.165) is 6.21 Å². The molecule has 0 aliphatic rings. The summed E-state index contributed by atoms with van der Waals surface area (Å²) in [6.45, 7) is 3.64. The van der Waals surface area contributed by atoms with Crippen molar-refractivity contribution in [1.82, 2.24) is 0 Å². The fraction of sp³-hybridized carbons (Fsp3) is 0.364. The summed E-state index contributed by atoms with van der Waals surface area (Å²) in [6, 6.07) is 2.63. The lowest BCUT2D eigenvalue weighted by Gasteiger charge is -2.14. The van der Waals surface area contributed by atoms with Crippen molar-refractivity contribution in [3.63, 3.8) is 0 Å². The molecular formula is C11H14N2O5. The van der Waals surface area contributed by atoms with E-state index in [1.807, 2.05) is 13.8 Å². The minimum atomic E-state index is -0.585. The second-order valence-electron chi connectivity index (χ2n) is 3.73. The molecule has 98 valence electrons. The Bertz CT molecular complexity index is 471. The molecule has 0 fully saturated rings. The third kappa shape index (κ3) is 3.09. The highest BCUT2D eigenvalue weighted by Crippen LogP contribution is 2.34. The van der Waals surface area contributed by atoms with E-state index < -0.39 is 4.92 Å². The maximum Gasteiger partial charge on any atom is 0.282 e. The van der Waals surface area contributed by atoms with Crippen molar-refractivity contribution in [2.24, 2.45) is 5.16 Å². The third-order valence-corrected chi connectivity index (χ3v) is 2.07. The Morgan fingerprint density at radius 2 is 2.11 bits per heavy atom. The van der Waals surface area contributed by atoms with E-state index in [-0.39, 0.29) is 23.1 Å². The SMILES string of the molecule is COc1cc([N+](=O)[O-])c(/C=N\O)cc1OC(C)C. The van der Waals surface area contributed by atoms with Crippen LogP contribution in [-0.2, 0) is 0 Å². The van der Waals surface area contributed by atoms with Gasteiger partial charge in [0, 0.05) is 0 Å². The van der Waals surface area contributed by atoms with Crippen LogP contribution in [0.3, 0.4) is 0 Å². The van der Waals surface area contributed by atoms with E-state index >= 15 is 0 Å². The maximum absolute atomic E-state index is 10.9. The van der Waals surface area contributed by atoms with Crippen LogP contribution in [0, 0.1) is 10.1 Å². The number of hydrogen-bond acceptors (Lipinski definition) is 6. The average molecular weight is 254 g/mol. The first-order valence-electron chi connectivity index (χ1n) is 5.20. The number of benzene rings is 1. The van der Waals surface area contributed by atoms with Crippen LogP contribution in [0.1, 0.15) is 19.4 Å². The summed E-state index contributed by atoms with van der Waals surface area (Å²) in [7, 11) is 1.39. The smallest absolute Gasteiger partial charge is 0.282 e.